The normalized spacial score (nSPS) is 23.2. The third-order valence-electron chi connectivity index (χ3n) is 4.54. The summed E-state index contributed by atoms with van der Waals surface area (Å²) in [7, 11) is -1.63. The van der Waals surface area contributed by atoms with E-state index in [1.165, 1.54) is 10.6 Å². The van der Waals surface area contributed by atoms with Gasteiger partial charge in [-0.15, -0.1) is 0 Å². The summed E-state index contributed by atoms with van der Waals surface area (Å²) < 4.78 is 36.5. The third kappa shape index (κ3) is 4.71. The maximum atomic E-state index is 12.5. The number of guanidine groups is 1. The molecule has 10 heteroatoms. The topological polar surface area (TPSA) is 100 Å². The molecule has 1 N–H and O–H groups in total. The van der Waals surface area contributed by atoms with E-state index in [4.69, 9.17) is 9.26 Å². The smallest absolute Gasteiger partial charge is 0.220 e. The van der Waals surface area contributed by atoms with Gasteiger partial charge in [0.2, 0.25) is 10.0 Å². The molecule has 9 nitrogen and oxygen atoms in total. The number of aliphatic imine (C=N–C) groups is 1. The van der Waals surface area contributed by atoms with Crippen LogP contribution in [0, 0.1) is 5.92 Å². The van der Waals surface area contributed by atoms with Crippen LogP contribution in [0.5, 0.6) is 0 Å². The average Bonchev–Trinajstić information content (AvgIpc) is 3.29. The second-order valence-corrected chi connectivity index (χ2v) is 8.26. The molecule has 1 unspecified atom stereocenters. The predicted molar refractivity (Wildman–Crippen MR) is 92.6 cm³/mol. The van der Waals surface area contributed by atoms with E-state index in [0.29, 0.717) is 37.8 Å². The number of hydrogen-bond donors (Lipinski definition) is 1. The lowest BCUT2D eigenvalue weighted by Crippen LogP contribution is -2.54. The highest BCUT2D eigenvalue weighted by Crippen LogP contribution is 2.14. The first-order valence-electron chi connectivity index (χ1n) is 8.49. The second-order valence-electron chi connectivity index (χ2n) is 6.29. The fourth-order valence-electron chi connectivity index (χ4n) is 3.08. The summed E-state index contributed by atoms with van der Waals surface area (Å²) in [5, 5.41) is 7.06. The molecule has 2 aliphatic heterocycles. The number of nitrogens with one attached hydrogen (secondary N) is 1. The van der Waals surface area contributed by atoms with Gasteiger partial charge in [0, 0.05) is 58.4 Å². The lowest BCUT2D eigenvalue weighted by Gasteiger charge is -2.36. The average molecular weight is 371 g/mol. The number of aromatic nitrogens is 1. The molecule has 0 aliphatic carbocycles. The SMILES string of the molecule is CN=C(NCC1CCOC1)N1CCN(S(=O)(=O)Cc2ccon2)CC1. The summed E-state index contributed by atoms with van der Waals surface area (Å²) in [4.78, 5) is 6.42. The van der Waals surface area contributed by atoms with E-state index in [1.807, 2.05) is 0 Å². The van der Waals surface area contributed by atoms with Gasteiger partial charge >= 0.3 is 0 Å². The Bertz CT molecular complexity index is 662. The Hall–Kier alpha value is -1.65. The van der Waals surface area contributed by atoms with Gasteiger partial charge in [0.15, 0.2) is 5.96 Å². The second kappa shape index (κ2) is 8.15. The Morgan fingerprint density at radius 1 is 1.40 bits per heavy atom. The van der Waals surface area contributed by atoms with Crippen molar-refractivity contribution in [2.24, 2.45) is 10.9 Å². The molecule has 1 atom stereocenters. The van der Waals surface area contributed by atoms with Crippen molar-refractivity contribution in [1.29, 1.82) is 0 Å². The van der Waals surface area contributed by atoms with Crippen molar-refractivity contribution in [3.8, 4) is 0 Å². The van der Waals surface area contributed by atoms with Gasteiger partial charge < -0.3 is 19.5 Å². The molecule has 140 valence electrons. The molecule has 0 radical (unpaired) electrons. The van der Waals surface area contributed by atoms with E-state index >= 15 is 0 Å². The largest absolute Gasteiger partial charge is 0.381 e. The van der Waals surface area contributed by atoms with E-state index in [2.05, 4.69) is 20.4 Å². The van der Waals surface area contributed by atoms with Crippen LogP contribution in [0.3, 0.4) is 0 Å². The molecular weight excluding hydrogens is 346 g/mol. The zero-order chi connectivity index (χ0) is 17.7. The molecule has 25 heavy (non-hydrogen) atoms. The number of nitrogens with zero attached hydrogens (tertiary/aromatic N) is 4. The summed E-state index contributed by atoms with van der Waals surface area (Å²) in [5.74, 6) is 1.21. The maximum Gasteiger partial charge on any atom is 0.220 e. The fraction of sp³-hybridized carbons (Fsp3) is 0.733. The van der Waals surface area contributed by atoms with Gasteiger partial charge in [-0.25, -0.2) is 8.42 Å². The minimum atomic E-state index is -3.38. The van der Waals surface area contributed by atoms with Crippen LogP contribution in [0.25, 0.3) is 0 Å². The van der Waals surface area contributed by atoms with Crippen molar-refractivity contribution in [2.75, 3.05) is 53.0 Å². The number of ether oxygens (including phenoxy) is 1. The minimum Gasteiger partial charge on any atom is -0.381 e. The standard InChI is InChI=1S/C15H25N5O4S/c1-16-15(17-10-13-2-8-23-11-13)19-4-6-20(7-5-19)25(21,22)12-14-3-9-24-18-14/h3,9,13H,2,4-8,10-12H2,1H3,(H,16,17). The van der Waals surface area contributed by atoms with Crippen molar-refractivity contribution in [1.82, 2.24) is 19.7 Å². The van der Waals surface area contributed by atoms with Crippen LogP contribution in [0.2, 0.25) is 0 Å². The summed E-state index contributed by atoms with van der Waals surface area (Å²) in [5.41, 5.74) is 0.429. The first-order valence-corrected chi connectivity index (χ1v) is 10.1. The molecule has 1 aromatic heterocycles. The number of sulfonamides is 1. The molecule has 0 spiro atoms. The monoisotopic (exact) mass is 371 g/mol. The van der Waals surface area contributed by atoms with Gasteiger partial charge in [-0.2, -0.15) is 4.31 Å². The van der Waals surface area contributed by atoms with E-state index in [9.17, 15) is 8.42 Å². The maximum absolute atomic E-state index is 12.5. The van der Waals surface area contributed by atoms with Crippen molar-refractivity contribution in [2.45, 2.75) is 12.2 Å². The molecule has 0 amide bonds. The Morgan fingerprint density at radius 2 is 2.20 bits per heavy atom. The molecule has 0 saturated carbocycles. The van der Waals surface area contributed by atoms with Gasteiger partial charge in [0.1, 0.15) is 12.0 Å². The molecule has 2 saturated heterocycles. The first kappa shape index (κ1) is 18.2. The first-order chi connectivity index (χ1) is 12.1. The molecule has 2 fully saturated rings. The molecule has 2 aliphatic rings. The third-order valence-corrected chi connectivity index (χ3v) is 6.35. The lowest BCUT2D eigenvalue weighted by atomic mass is 10.1. The summed E-state index contributed by atoms with van der Waals surface area (Å²) >= 11 is 0. The minimum absolute atomic E-state index is 0.127. The molecule has 3 heterocycles. The molecule has 3 rings (SSSR count). The van der Waals surface area contributed by atoms with E-state index in [-0.39, 0.29) is 5.75 Å². The van der Waals surface area contributed by atoms with E-state index in [1.54, 1.807) is 13.1 Å². The van der Waals surface area contributed by atoms with Gasteiger partial charge in [-0.1, -0.05) is 5.16 Å². The zero-order valence-corrected chi connectivity index (χ0v) is 15.2. The van der Waals surface area contributed by atoms with E-state index < -0.39 is 10.0 Å². The van der Waals surface area contributed by atoms with Gasteiger partial charge in [0.05, 0.1) is 12.3 Å². The molecule has 0 aromatic carbocycles. The zero-order valence-electron chi connectivity index (χ0n) is 14.4. The van der Waals surface area contributed by atoms with Crippen LogP contribution in [0.1, 0.15) is 12.1 Å². The van der Waals surface area contributed by atoms with Gasteiger partial charge in [0.25, 0.3) is 0 Å². The van der Waals surface area contributed by atoms with Crippen LogP contribution in [0.15, 0.2) is 21.8 Å². The molecular formula is C15H25N5O4S. The fourth-order valence-corrected chi connectivity index (χ4v) is 4.51. The quantitative estimate of drug-likeness (QED) is 0.562. The highest BCUT2D eigenvalue weighted by atomic mass is 32.2. The van der Waals surface area contributed by atoms with Crippen molar-refractivity contribution in [3.05, 3.63) is 18.0 Å². The molecule has 0 bridgehead atoms. The van der Waals surface area contributed by atoms with Crippen molar-refractivity contribution < 1.29 is 17.7 Å². The summed E-state index contributed by atoms with van der Waals surface area (Å²) in [6.07, 6.45) is 2.45. The Morgan fingerprint density at radius 3 is 2.80 bits per heavy atom. The van der Waals surface area contributed by atoms with Crippen LogP contribution < -0.4 is 5.32 Å². The van der Waals surface area contributed by atoms with Gasteiger partial charge in [-0.05, 0) is 6.42 Å². The van der Waals surface area contributed by atoms with E-state index in [0.717, 1.165) is 32.1 Å². The van der Waals surface area contributed by atoms with Gasteiger partial charge in [-0.3, -0.25) is 4.99 Å². The Kier molecular flexibility index (Phi) is 5.92. The van der Waals surface area contributed by atoms with Crippen LogP contribution in [-0.4, -0.2) is 81.7 Å². The van der Waals surface area contributed by atoms with Crippen molar-refractivity contribution >= 4 is 16.0 Å². The summed E-state index contributed by atoms with van der Waals surface area (Å²) in [6.45, 7) is 4.54. The Balaban J connectivity index is 1.49. The van der Waals surface area contributed by atoms with Crippen LogP contribution >= 0.6 is 0 Å². The van der Waals surface area contributed by atoms with Crippen molar-refractivity contribution in [3.63, 3.8) is 0 Å². The lowest BCUT2D eigenvalue weighted by molar-refractivity contribution is 0.185. The van der Waals surface area contributed by atoms with Crippen LogP contribution in [-0.2, 0) is 20.5 Å². The van der Waals surface area contributed by atoms with Crippen LogP contribution in [0.4, 0.5) is 0 Å². The summed E-state index contributed by atoms with van der Waals surface area (Å²) in [6, 6.07) is 1.58. The highest BCUT2D eigenvalue weighted by molar-refractivity contribution is 7.88. The Labute approximate surface area is 148 Å². The highest BCUT2D eigenvalue weighted by Gasteiger charge is 2.29. The number of rotatable bonds is 5. The predicted octanol–water partition coefficient (Wildman–Crippen LogP) is -0.266. The number of piperazine rings is 1. The molecule has 1 aromatic rings. The number of hydrogen-bond acceptors (Lipinski definition) is 6.